The van der Waals surface area contributed by atoms with E-state index in [4.69, 9.17) is 4.74 Å². The average Bonchev–Trinajstić information content (AvgIpc) is 3.04. The lowest BCUT2D eigenvalue weighted by Crippen LogP contribution is -2.20. The molecule has 0 aliphatic heterocycles. The molecule has 0 saturated heterocycles. The Hall–Kier alpha value is -3.22. The number of nitrogens with zero attached hydrogens (tertiary/aromatic N) is 4. The predicted molar refractivity (Wildman–Crippen MR) is 84.9 cm³/mol. The molecule has 0 unspecified atom stereocenters. The molecule has 0 fully saturated rings. The molecule has 0 bridgehead atoms. The first-order valence-electron chi connectivity index (χ1n) is 7.02. The normalized spacial score (nSPS) is 10.3. The molecular formula is C16H15N5O2. The molecule has 116 valence electrons. The second-order valence-electron chi connectivity index (χ2n) is 4.79. The first-order valence-corrected chi connectivity index (χ1v) is 7.02. The quantitative estimate of drug-likeness (QED) is 0.779. The van der Waals surface area contributed by atoms with Gasteiger partial charge in [-0.3, -0.25) is 4.79 Å². The Bertz CT molecular complexity index is 801. The zero-order valence-corrected chi connectivity index (χ0v) is 12.5. The number of tetrazole rings is 1. The van der Waals surface area contributed by atoms with E-state index in [0.717, 1.165) is 11.3 Å². The van der Waals surface area contributed by atoms with E-state index in [-0.39, 0.29) is 12.5 Å². The van der Waals surface area contributed by atoms with Crippen LogP contribution >= 0.6 is 0 Å². The maximum Gasteiger partial charge on any atom is 0.248 e. The molecule has 0 atom stereocenters. The van der Waals surface area contributed by atoms with Crippen molar-refractivity contribution in [1.29, 1.82) is 0 Å². The van der Waals surface area contributed by atoms with E-state index in [1.165, 1.54) is 4.80 Å². The monoisotopic (exact) mass is 309 g/mol. The number of benzene rings is 2. The highest BCUT2D eigenvalue weighted by Crippen LogP contribution is 2.19. The third-order valence-corrected chi connectivity index (χ3v) is 3.12. The summed E-state index contributed by atoms with van der Waals surface area (Å²) in [7, 11) is 1.59. The van der Waals surface area contributed by atoms with Crippen LogP contribution in [-0.2, 0) is 11.3 Å². The third kappa shape index (κ3) is 3.70. The topological polar surface area (TPSA) is 81.9 Å². The Morgan fingerprint density at radius 3 is 2.78 bits per heavy atom. The van der Waals surface area contributed by atoms with Gasteiger partial charge in [0, 0.05) is 11.3 Å². The molecule has 0 spiro atoms. The Kier molecular flexibility index (Phi) is 4.28. The highest BCUT2D eigenvalue weighted by molar-refractivity contribution is 5.90. The summed E-state index contributed by atoms with van der Waals surface area (Å²) in [5.41, 5.74) is 1.50. The van der Waals surface area contributed by atoms with E-state index < -0.39 is 0 Å². The third-order valence-electron chi connectivity index (χ3n) is 3.12. The van der Waals surface area contributed by atoms with Crippen molar-refractivity contribution in [3.05, 3.63) is 54.6 Å². The van der Waals surface area contributed by atoms with Crippen LogP contribution in [0.5, 0.6) is 5.75 Å². The van der Waals surface area contributed by atoms with Crippen molar-refractivity contribution in [2.75, 3.05) is 12.4 Å². The first-order chi connectivity index (χ1) is 11.2. The summed E-state index contributed by atoms with van der Waals surface area (Å²) >= 11 is 0. The second kappa shape index (κ2) is 6.69. The van der Waals surface area contributed by atoms with Gasteiger partial charge in [-0.25, -0.2) is 0 Å². The number of methoxy groups -OCH3 is 1. The number of aromatic nitrogens is 4. The molecule has 0 radical (unpaired) electrons. The molecule has 23 heavy (non-hydrogen) atoms. The number of amides is 1. The molecule has 1 amide bonds. The fourth-order valence-corrected chi connectivity index (χ4v) is 2.04. The summed E-state index contributed by atoms with van der Waals surface area (Å²) in [5.74, 6) is 0.933. The van der Waals surface area contributed by atoms with E-state index in [9.17, 15) is 4.79 Å². The Labute approximate surface area is 132 Å². The number of nitrogens with one attached hydrogen (secondary N) is 1. The van der Waals surface area contributed by atoms with E-state index >= 15 is 0 Å². The summed E-state index contributed by atoms with van der Waals surface area (Å²) in [4.78, 5) is 13.2. The van der Waals surface area contributed by atoms with Gasteiger partial charge < -0.3 is 10.1 Å². The average molecular weight is 309 g/mol. The Balaban J connectivity index is 1.68. The lowest BCUT2D eigenvalue weighted by atomic mass is 10.2. The highest BCUT2D eigenvalue weighted by Gasteiger charge is 2.10. The number of anilines is 1. The van der Waals surface area contributed by atoms with E-state index in [1.54, 1.807) is 7.11 Å². The molecule has 3 rings (SSSR count). The van der Waals surface area contributed by atoms with E-state index in [2.05, 4.69) is 20.7 Å². The van der Waals surface area contributed by atoms with Crippen LogP contribution in [0.3, 0.4) is 0 Å². The largest absolute Gasteiger partial charge is 0.497 e. The van der Waals surface area contributed by atoms with Crippen LogP contribution in [0, 0.1) is 0 Å². The maximum atomic E-state index is 12.0. The van der Waals surface area contributed by atoms with Crippen molar-refractivity contribution in [2.45, 2.75) is 6.54 Å². The smallest absolute Gasteiger partial charge is 0.248 e. The van der Waals surface area contributed by atoms with Gasteiger partial charge in [0.2, 0.25) is 11.7 Å². The highest BCUT2D eigenvalue weighted by atomic mass is 16.5. The molecule has 7 nitrogen and oxygen atoms in total. The lowest BCUT2D eigenvalue weighted by Gasteiger charge is -2.03. The molecule has 1 heterocycles. The standard InChI is InChI=1S/C16H15N5O2/c1-23-14-9-5-6-12(10-14)16-18-20-21(19-16)11-15(22)17-13-7-3-2-4-8-13/h2-10H,11H2,1H3,(H,17,22). The molecule has 1 N–H and O–H groups in total. The molecule has 3 aromatic rings. The number of carbonyl (C=O) groups excluding carboxylic acids is 1. The second-order valence-corrected chi connectivity index (χ2v) is 4.79. The molecule has 0 saturated carbocycles. The van der Waals surface area contributed by atoms with Crippen LogP contribution in [0.25, 0.3) is 11.4 Å². The molecule has 2 aromatic carbocycles. The summed E-state index contributed by atoms with van der Waals surface area (Å²) in [6, 6.07) is 16.6. The maximum absolute atomic E-state index is 12.0. The molecule has 1 aromatic heterocycles. The van der Waals surface area contributed by atoms with Crippen LogP contribution in [0.4, 0.5) is 5.69 Å². The van der Waals surface area contributed by atoms with Gasteiger partial charge in [-0.2, -0.15) is 4.80 Å². The first kappa shape index (κ1) is 14.7. The van der Waals surface area contributed by atoms with Gasteiger partial charge in [0.1, 0.15) is 12.3 Å². The lowest BCUT2D eigenvalue weighted by molar-refractivity contribution is -0.117. The summed E-state index contributed by atoms with van der Waals surface area (Å²) in [6.45, 7) is -0.00807. The van der Waals surface area contributed by atoms with Gasteiger partial charge >= 0.3 is 0 Å². The van der Waals surface area contributed by atoms with Crippen LogP contribution in [0.2, 0.25) is 0 Å². The Morgan fingerprint density at radius 1 is 1.17 bits per heavy atom. The van der Waals surface area contributed by atoms with Crippen LogP contribution in [0.1, 0.15) is 0 Å². The summed E-state index contributed by atoms with van der Waals surface area (Å²) in [5, 5.41) is 14.9. The zero-order valence-electron chi connectivity index (χ0n) is 12.5. The summed E-state index contributed by atoms with van der Waals surface area (Å²) < 4.78 is 5.17. The minimum Gasteiger partial charge on any atom is -0.497 e. The van der Waals surface area contributed by atoms with Crippen molar-refractivity contribution >= 4 is 11.6 Å². The SMILES string of the molecule is COc1cccc(-c2nnn(CC(=O)Nc3ccccc3)n2)c1. The van der Waals surface area contributed by atoms with Gasteiger partial charge in [0.05, 0.1) is 7.11 Å². The predicted octanol–water partition coefficient (Wildman–Crippen LogP) is 1.99. The Morgan fingerprint density at radius 2 is 2.00 bits per heavy atom. The van der Waals surface area contributed by atoms with Gasteiger partial charge in [-0.05, 0) is 29.5 Å². The fourth-order valence-electron chi connectivity index (χ4n) is 2.04. The summed E-state index contributed by atoms with van der Waals surface area (Å²) in [6.07, 6.45) is 0. The number of hydrogen-bond donors (Lipinski definition) is 1. The van der Waals surface area contributed by atoms with Crippen LogP contribution in [-0.4, -0.2) is 33.2 Å². The number of hydrogen-bond acceptors (Lipinski definition) is 5. The van der Waals surface area contributed by atoms with Gasteiger partial charge in [-0.15, -0.1) is 10.2 Å². The van der Waals surface area contributed by atoms with Gasteiger partial charge in [0.25, 0.3) is 0 Å². The number of para-hydroxylation sites is 1. The van der Waals surface area contributed by atoms with Crippen molar-refractivity contribution < 1.29 is 9.53 Å². The number of carbonyl (C=O) groups is 1. The number of rotatable bonds is 5. The van der Waals surface area contributed by atoms with Crippen molar-refractivity contribution in [3.63, 3.8) is 0 Å². The van der Waals surface area contributed by atoms with Crippen molar-refractivity contribution in [1.82, 2.24) is 20.2 Å². The van der Waals surface area contributed by atoms with Gasteiger partial charge in [0.15, 0.2) is 0 Å². The van der Waals surface area contributed by atoms with Gasteiger partial charge in [-0.1, -0.05) is 30.3 Å². The van der Waals surface area contributed by atoms with Crippen molar-refractivity contribution in [3.8, 4) is 17.1 Å². The fraction of sp³-hybridized carbons (Fsp3) is 0.125. The zero-order chi connectivity index (χ0) is 16.1. The van der Waals surface area contributed by atoms with Crippen LogP contribution in [0.15, 0.2) is 54.6 Å². The van der Waals surface area contributed by atoms with E-state index in [1.807, 2.05) is 54.6 Å². The number of ether oxygens (including phenoxy) is 1. The minimum absolute atomic E-state index is 0.00807. The van der Waals surface area contributed by atoms with Crippen LogP contribution < -0.4 is 10.1 Å². The minimum atomic E-state index is -0.217. The molecule has 0 aliphatic rings. The molecular weight excluding hydrogens is 294 g/mol. The van der Waals surface area contributed by atoms with Crippen molar-refractivity contribution in [2.24, 2.45) is 0 Å². The molecule has 7 heteroatoms. The molecule has 0 aliphatic carbocycles. The van der Waals surface area contributed by atoms with E-state index in [0.29, 0.717) is 11.6 Å².